The molecular weight excluding hydrogens is 322 g/mol. The van der Waals surface area contributed by atoms with Crippen LogP contribution in [-0.2, 0) is 0 Å². The largest absolute Gasteiger partial charge is 0.497 e. The Morgan fingerprint density at radius 3 is 2.39 bits per heavy atom. The topological polar surface area (TPSA) is 42.5 Å². The first-order chi connectivity index (χ1) is 11.0. The molecule has 23 heavy (non-hydrogen) atoms. The van der Waals surface area contributed by atoms with Crippen molar-refractivity contribution < 1.29 is 18.3 Å². The predicted molar refractivity (Wildman–Crippen MR) is 90.3 cm³/mol. The number of anilines is 1. The summed E-state index contributed by atoms with van der Waals surface area (Å²) in [5.74, 6) is 0.766. The van der Waals surface area contributed by atoms with E-state index in [1.165, 1.54) is 6.07 Å². The zero-order valence-corrected chi connectivity index (χ0v) is 13.4. The third-order valence-corrected chi connectivity index (χ3v) is 3.39. The summed E-state index contributed by atoms with van der Waals surface area (Å²) in [7, 11) is 3.25. The number of alkyl halides is 2. The highest BCUT2D eigenvalue weighted by Crippen LogP contribution is 2.34. The molecule has 0 saturated carbocycles. The Bertz CT molecular complexity index is 678. The Labute approximate surface area is 138 Å². The molecule has 0 amide bonds. The van der Waals surface area contributed by atoms with Gasteiger partial charge in [-0.05, 0) is 48.1 Å². The minimum Gasteiger partial charge on any atom is -0.497 e. The number of rotatable bonds is 5. The molecule has 4 nitrogen and oxygen atoms in total. The van der Waals surface area contributed by atoms with E-state index in [1.807, 2.05) is 0 Å². The van der Waals surface area contributed by atoms with E-state index in [-0.39, 0.29) is 5.75 Å². The van der Waals surface area contributed by atoms with Gasteiger partial charge in [0, 0.05) is 18.3 Å². The zero-order chi connectivity index (χ0) is 16.8. The van der Waals surface area contributed by atoms with E-state index in [4.69, 9.17) is 17.0 Å². The molecule has 0 saturated heterocycles. The van der Waals surface area contributed by atoms with E-state index in [0.29, 0.717) is 22.1 Å². The lowest BCUT2D eigenvalue weighted by atomic mass is 10.0. The molecule has 0 unspecified atom stereocenters. The summed E-state index contributed by atoms with van der Waals surface area (Å²) in [4.78, 5) is 0. The fraction of sp³-hybridized carbons (Fsp3) is 0.188. The summed E-state index contributed by atoms with van der Waals surface area (Å²) in [6, 6.07) is 11.8. The van der Waals surface area contributed by atoms with Gasteiger partial charge >= 0.3 is 6.61 Å². The second-order valence-electron chi connectivity index (χ2n) is 4.52. The van der Waals surface area contributed by atoms with Gasteiger partial charge in [0.1, 0.15) is 11.5 Å². The van der Waals surface area contributed by atoms with Crippen LogP contribution in [0.25, 0.3) is 11.1 Å². The van der Waals surface area contributed by atoms with Gasteiger partial charge in [0.05, 0.1) is 7.11 Å². The van der Waals surface area contributed by atoms with Crippen LogP contribution in [0.4, 0.5) is 14.5 Å². The Balaban J connectivity index is 2.41. The Kier molecular flexibility index (Phi) is 5.70. The maximum absolute atomic E-state index is 12.6. The first kappa shape index (κ1) is 17.0. The number of ether oxygens (including phenoxy) is 2. The van der Waals surface area contributed by atoms with E-state index in [1.54, 1.807) is 50.6 Å². The molecular formula is C16H16F2N2O2S. The monoisotopic (exact) mass is 338 g/mol. The molecule has 0 aliphatic rings. The number of methoxy groups -OCH3 is 1. The van der Waals surface area contributed by atoms with Crippen LogP contribution in [0.3, 0.4) is 0 Å². The highest BCUT2D eigenvalue weighted by molar-refractivity contribution is 7.80. The predicted octanol–water partition coefficient (Wildman–Crippen LogP) is 3.88. The SMILES string of the molecule is CNC(=S)Nc1ccc(OC(F)F)c(-c2ccc(OC)cc2)c1. The third-order valence-electron chi connectivity index (χ3n) is 3.08. The molecule has 2 rings (SSSR count). The number of hydrogen-bond acceptors (Lipinski definition) is 3. The van der Waals surface area contributed by atoms with Crippen molar-refractivity contribution in [1.29, 1.82) is 0 Å². The van der Waals surface area contributed by atoms with E-state index in [2.05, 4.69) is 15.4 Å². The van der Waals surface area contributed by atoms with Crippen molar-refractivity contribution >= 4 is 23.0 Å². The fourth-order valence-corrected chi connectivity index (χ4v) is 2.11. The Morgan fingerprint density at radius 1 is 1.13 bits per heavy atom. The van der Waals surface area contributed by atoms with Crippen LogP contribution in [0.2, 0.25) is 0 Å². The third kappa shape index (κ3) is 4.53. The number of halogens is 2. The number of nitrogens with one attached hydrogen (secondary N) is 2. The lowest BCUT2D eigenvalue weighted by Gasteiger charge is -2.14. The molecule has 0 fully saturated rings. The van der Waals surface area contributed by atoms with Crippen molar-refractivity contribution in [3.63, 3.8) is 0 Å². The molecule has 2 aromatic rings. The normalized spacial score (nSPS) is 10.3. The zero-order valence-electron chi connectivity index (χ0n) is 12.6. The smallest absolute Gasteiger partial charge is 0.387 e. The van der Waals surface area contributed by atoms with E-state index in [9.17, 15) is 8.78 Å². The summed E-state index contributed by atoms with van der Waals surface area (Å²) < 4.78 is 34.9. The first-order valence-corrected chi connectivity index (χ1v) is 7.16. The van der Waals surface area contributed by atoms with Crippen LogP contribution in [0.15, 0.2) is 42.5 Å². The molecule has 2 aromatic carbocycles. The fourth-order valence-electron chi connectivity index (χ4n) is 2.00. The van der Waals surface area contributed by atoms with Crippen molar-refractivity contribution in [3.8, 4) is 22.6 Å². The highest BCUT2D eigenvalue weighted by atomic mass is 32.1. The van der Waals surface area contributed by atoms with E-state index >= 15 is 0 Å². The molecule has 0 aliphatic carbocycles. The van der Waals surface area contributed by atoms with Gasteiger partial charge in [-0.25, -0.2) is 0 Å². The molecule has 7 heteroatoms. The molecule has 0 atom stereocenters. The van der Waals surface area contributed by atoms with Crippen LogP contribution in [0, 0.1) is 0 Å². The maximum Gasteiger partial charge on any atom is 0.387 e. The van der Waals surface area contributed by atoms with Gasteiger partial charge in [-0.15, -0.1) is 0 Å². The average molecular weight is 338 g/mol. The molecule has 0 aliphatic heterocycles. The molecule has 0 spiro atoms. The number of hydrogen-bond donors (Lipinski definition) is 2. The van der Waals surface area contributed by atoms with Crippen molar-refractivity contribution in [1.82, 2.24) is 5.32 Å². The standard InChI is InChI=1S/C16H16F2N2O2S/c1-19-16(23)20-11-5-8-14(22-15(17)18)13(9-11)10-3-6-12(21-2)7-4-10/h3-9,15H,1-2H3,(H2,19,20,23). The lowest BCUT2D eigenvalue weighted by Crippen LogP contribution is -2.24. The number of benzene rings is 2. The van der Waals surface area contributed by atoms with E-state index < -0.39 is 6.61 Å². The summed E-state index contributed by atoms with van der Waals surface area (Å²) in [5, 5.41) is 6.17. The molecule has 2 N–H and O–H groups in total. The summed E-state index contributed by atoms with van der Waals surface area (Å²) in [6.07, 6.45) is 0. The van der Waals surface area contributed by atoms with Gasteiger partial charge in [-0.3, -0.25) is 0 Å². The van der Waals surface area contributed by atoms with Crippen LogP contribution in [-0.4, -0.2) is 25.9 Å². The van der Waals surface area contributed by atoms with Crippen LogP contribution in [0.5, 0.6) is 11.5 Å². The van der Waals surface area contributed by atoms with Crippen molar-refractivity contribution in [2.45, 2.75) is 6.61 Å². The minimum atomic E-state index is -2.90. The first-order valence-electron chi connectivity index (χ1n) is 6.75. The number of thiocarbonyl (C=S) groups is 1. The van der Waals surface area contributed by atoms with Gasteiger partial charge in [0.25, 0.3) is 0 Å². The molecule has 0 bridgehead atoms. The van der Waals surface area contributed by atoms with Crippen LogP contribution in [0.1, 0.15) is 0 Å². The van der Waals surface area contributed by atoms with Gasteiger partial charge in [-0.1, -0.05) is 12.1 Å². The van der Waals surface area contributed by atoms with Crippen LogP contribution < -0.4 is 20.1 Å². The summed E-state index contributed by atoms with van der Waals surface area (Å²) >= 11 is 5.04. The van der Waals surface area contributed by atoms with Gasteiger partial charge in [0.15, 0.2) is 5.11 Å². The Hall–Kier alpha value is -2.41. The van der Waals surface area contributed by atoms with Crippen LogP contribution >= 0.6 is 12.2 Å². The molecule has 0 heterocycles. The van der Waals surface area contributed by atoms with Gasteiger partial charge in [0.2, 0.25) is 0 Å². The van der Waals surface area contributed by atoms with Gasteiger partial charge in [-0.2, -0.15) is 8.78 Å². The maximum atomic E-state index is 12.6. The summed E-state index contributed by atoms with van der Waals surface area (Å²) in [5.41, 5.74) is 1.91. The second kappa shape index (κ2) is 7.73. The second-order valence-corrected chi connectivity index (χ2v) is 4.93. The van der Waals surface area contributed by atoms with Gasteiger partial charge < -0.3 is 20.1 Å². The Morgan fingerprint density at radius 2 is 1.83 bits per heavy atom. The summed E-state index contributed by atoms with van der Waals surface area (Å²) in [6.45, 7) is -2.90. The van der Waals surface area contributed by atoms with Crippen molar-refractivity contribution in [2.75, 3.05) is 19.5 Å². The van der Waals surface area contributed by atoms with E-state index in [0.717, 1.165) is 5.56 Å². The lowest BCUT2D eigenvalue weighted by molar-refractivity contribution is -0.0494. The molecule has 0 aromatic heterocycles. The van der Waals surface area contributed by atoms with Crippen molar-refractivity contribution in [2.24, 2.45) is 0 Å². The minimum absolute atomic E-state index is 0.0890. The quantitative estimate of drug-likeness (QED) is 0.810. The highest BCUT2D eigenvalue weighted by Gasteiger charge is 2.13. The molecule has 122 valence electrons. The molecule has 0 radical (unpaired) electrons. The van der Waals surface area contributed by atoms with Crippen molar-refractivity contribution in [3.05, 3.63) is 42.5 Å². The average Bonchev–Trinajstić information content (AvgIpc) is 2.55.